The number of ether oxygens (including phenoxy) is 1. The van der Waals surface area contributed by atoms with Gasteiger partial charge in [0.15, 0.2) is 0 Å². The van der Waals surface area contributed by atoms with Crippen molar-refractivity contribution in [2.45, 2.75) is 70.1 Å². The Morgan fingerprint density at radius 1 is 1.14 bits per heavy atom. The van der Waals surface area contributed by atoms with Gasteiger partial charge in [-0.2, -0.15) is 0 Å². The first kappa shape index (κ1) is 15.8. The summed E-state index contributed by atoms with van der Waals surface area (Å²) in [6.07, 6.45) is 8.13. The van der Waals surface area contributed by atoms with Gasteiger partial charge in [0.25, 0.3) is 0 Å². The molecule has 5 heteroatoms. The molecule has 0 spiro atoms. The van der Waals surface area contributed by atoms with Crippen LogP contribution < -0.4 is 5.32 Å². The number of carbonyl (C=O) groups excluding carboxylic acids is 2. The lowest BCUT2D eigenvalue weighted by Crippen LogP contribution is -2.54. The molecule has 0 aromatic carbocycles. The molecule has 2 aliphatic carbocycles. The highest BCUT2D eigenvalue weighted by Gasteiger charge is 2.42. The van der Waals surface area contributed by atoms with Crippen molar-refractivity contribution in [3.63, 3.8) is 0 Å². The van der Waals surface area contributed by atoms with E-state index in [0.29, 0.717) is 30.8 Å². The van der Waals surface area contributed by atoms with Crippen LogP contribution in [-0.4, -0.2) is 48.6 Å². The smallest absolute Gasteiger partial charge is 0.243 e. The molecular weight excluding hydrogens is 280 g/mol. The summed E-state index contributed by atoms with van der Waals surface area (Å²) >= 11 is 0. The maximum Gasteiger partial charge on any atom is 0.243 e. The molecule has 0 aromatic heterocycles. The van der Waals surface area contributed by atoms with Crippen molar-refractivity contribution >= 4 is 11.8 Å². The van der Waals surface area contributed by atoms with Gasteiger partial charge in [-0.15, -0.1) is 0 Å². The highest BCUT2D eigenvalue weighted by Crippen LogP contribution is 2.40. The lowest BCUT2D eigenvalue weighted by atomic mass is 9.68. The maximum absolute atomic E-state index is 12.8. The molecule has 0 aromatic rings. The standard InChI is InChI=1S/C17H28N2O3/c1-11(20)19-10-14(22-2)9-15(19)17(21)18-16(12-5-3-6-12)13-7-4-8-13/h12-16H,3-10H2,1-2H3,(H,18,21)/t14-,15+/m0/s1. The number of nitrogens with one attached hydrogen (secondary N) is 1. The summed E-state index contributed by atoms with van der Waals surface area (Å²) in [4.78, 5) is 26.2. The van der Waals surface area contributed by atoms with E-state index in [-0.39, 0.29) is 24.0 Å². The van der Waals surface area contributed by atoms with Crippen molar-refractivity contribution in [1.29, 1.82) is 0 Å². The van der Waals surface area contributed by atoms with Gasteiger partial charge in [0.2, 0.25) is 11.8 Å². The van der Waals surface area contributed by atoms with Crippen molar-refractivity contribution < 1.29 is 14.3 Å². The second-order valence-corrected chi connectivity index (χ2v) is 7.20. The average molecular weight is 308 g/mol. The minimum atomic E-state index is -0.356. The van der Waals surface area contributed by atoms with Crippen LogP contribution in [0, 0.1) is 11.8 Å². The van der Waals surface area contributed by atoms with Crippen LogP contribution in [0.4, 0.5) is 0 Å². The third-order valence-corrected chi connectivity index (χ3v) is 5.93. The topological polar surface area (TPSA) is 58.6 Å². The van der Waals surface area contributed by atoms with Crippen LogP contribution >= 0.6 is 0 Å². The van der Waals surface area contributed by atoms with Gasteiger partial charge >= 0.3 is 0 Å². The Morgan fingerprint density at radius 2 is 1.73 bits per heavy atom. The Bertz CT molecular complexity index is 418. The molecule has 1 N–H and O–H groups in total. The Balaban J connectivity index is 1.64. The molecule has 3 rings (SSSR count). The zero-order chi connectivity index (χ0) is 15.7. The van der Waals surface area contributed by atoms with E-state index < -0.39 is 0 Å². The van der Waals surface area contributed by atoms with Crippen molar-refractivity contribution in [3.05, 3.63) is 0 Å². The van der Waals surface area contributed by atoms with Gasteiger partial charge in [0, 0.05) is 33.0 Å². The summed E-state index contributed by atoms with van der Waals surface area (Å²) < 4.78 is 5.36. The summed E-state index contributed by atoms with van der Waals surface area (Å²) in [6, 6.07) is -0.0319. The van der Waals surface area contributed by atoms with Crippen molar-refractivity contribution in [2.24, 2.45) is 11.8 Å². The highest BCUT2D eigenvalue weighted by atomic mass is 16.5. The minimum absolute atomic E-state index is 0.0227. The molecule has 2 saturated carbocycles. The van der Waals surface area contributed by atoms with E-state index in [0.717, 1.165) is 0 Å². The van der Waals surface area contributed by atoms with Gasteiger partial charge in [0.1, 0.15) is 6.04 Å². The van der Waals surface area contributed by atoms with Crippen molar-refractivity contribution in [2.75, 3.05) is 13.7 Å². The normalized spacial score (nSPS) is 29.3. The summed E-state index contributed by atoms with van der Waals surface area (Å²) in [5.41, 5.74) is 0. The summed E-state index contributed by atoms with van der Waals surface area (Å²) in [5, 5.41) is 3.30. The number of hydrogen-bond donors (Lipinski definition) is 1. The fraction of sp³-hybridized carbons (Fsp3) is 0.882. The molecule has 2 amide bonds. The largest absolute Gasteiger partial charge is 0.380 e. The third kappa shape index (κ3) is 3.00. The van der Waals surface area contributed by atoms with E-state index in [4.69, 9.17) is 4.74 Å². The lowest BCUT2D eigenvalue weighted by molar-refractivity contribution is -0.138. The maximum atomic E-state index is 12.8. The first-order valence-electron chi connectivity index (χ1n) is 8.70. The Hall–Kier alpha value is -1.10. The quantitative estimate of drug-likeness (QED) is 0.841. The van der Waals surface area contributed by atoms with E-state index in [1.165, 1.54) is 45.4 Å². The van der Waals surface area contributed by atoms with Crippen LogP contribution in [0.3, 0.4) is 0 Å². The first-order chi connectivity index (χ1) is 10.6. The molecule has 1 saturated heterocycles. The monoisotopic (exact) mass is 308 g/mol. The molecular formula is C17H28N2O3. The number of rotatable bonds is 5. The molecule has 0 bridgehead atoms. The third-order valence-electron chi connectivity index (χ3n) is 5.93. The van der Waals surface area contributed by atoms with E-state index in [9.17, 15) is 9.59 Å². The number of amides is 2. The van der Waals surface area contributed by atoms with Gasteiger partial charge in [-0.05, 0) is 37.5 Å². The summed E-state index contributed by atoms with van der Waals surface area (Å²) in [6.45, 7) is 2.06. The number of likely N-dealkylation sites (tertiary alicyclic amines) is 1. The van der Waals surface area contributed by atoms with Crippen molar-refractivity contribution in [1.82, 2.24) is 10.2 Å². The molecule has 0 radical (unpaired) electrons. The van der Waals surface area contributed by atoms with E-state index >= 15 is 0 Å². The molecule has 0 unspecified atom stereocenters. The fourth-order valence-electron chi connectivity index (χ4n) is 4.04. The van der Waals surface area contributed by atoms with Gasteiger partial charge < -0.3 is 15.0 Å². The van der Waals surface area contributed by atoms with Crippen LogP contribution in [-0.2, 0) is 14.3 Å². The highest BCUT2D eigenvalue weighted by molar-refractivity contribution is 5.87. The number of nitrogens with zero attached hydrogens (tertiary/aromatic N) is 1. The van der Waals surface area contributed by atoms with Crippen LogP contribution in [0.2, 0.25) is 0 Å². The number of carbonyl (C=O) groups is 2. The van der Waals surface area contributed by atoms with E-state index in [1.54, 1.807) is 12.0 Å². The molecule has 124 valence electrons. The molecule has 1 heterocycles. The van der Waals surface area contributed by atoms with Crippen molar-refractivity contribution in [3.8, 4) is 0 Å². The van der Waals surface area contributed by atoms with Crippen LogP contribution in [0.15, 0.2) is 0 Å². The molecule has 1 aliphatic heterocycles. The van der Waals surface area contributed by atoms with Gasteiger partial charge in [-0.25, -0.2) is 0 Å². The predicted molar refractivity (Wildman–Crippen MR) is 83.2 cm³/mol. The zero-order valence-corrected chi connectivity index (χ0v) is 13.7. The fourth-order valence-corrected chi connectivity index (χ4v) is 4.04. The summed E-state index contributed by atoms with van der Waals surface area (Å²) in [5.74, 6) is 1.29. The zero-order valence-electron chi connectivity index (χ0n) is 13.7. The second kappa shape index (κ2) is 6.57. The number of hydrogen-bond acceptors (Lipinski definition) is 3. The van der Waals surface area contributed by atoms with Gasteiger partial charge in [0.05, 0.1) is 6.10 Å². The molecule has 2 atom stereocenters. The lowest BCUT2D eigenvalue weighted by Gasteiger charge is -2.43. The Morgan fingerprint density at radius 3 is 2.14 bits per heavy atom. The SMILES string of the molecule is CO[C@H]1C[C@H](C(=O)NC(C2CCC2)C2CCC2)N(C(C)=O)C1. The second-order valence-electron chi connectivity index (χ2n) is 7.20. The molecule has 22 heavy (non-hydrogen) atoms. The van der Waals surface area contributed by atoms with E-state index in [1.807, 2.05) is 0 Å². The van der Waals surface area contributed by atoms with Gasteiger partial charge in [-0.1, -0.05) is 12.8 Å². The Kier molecular flexibility index (Phi) is 4.71. The molecule has 3 fully saturated rings. The molecule has 3 aliphatic rings. The predicted octanol–water partition coefficient (Wildman–Crippen LogP) is 1.71. The Labute approximate surface area is 132 Å². The van der Waals surface area contributed by atoms with Crippen LogP contribution in [0.25, 0.3) is 0 Å². The summed E-state index contributed by atoms with van der Waals surface area (Å²) in [7, 11) is 1.65. The van der Waals surface area contributed by atoms with Crippen LogP contribution in [0.1, 0.15) is 51.9 Å². The van der Waals surface area contributed by atoms with Crippen LogP contribution in [0.5, 0.6) is 0 Å². The van der Waals surface area contributed by atoms with E-state index in [2.05, 4.69) is 5.32 Å². The minimum Gasteiger partial charge on any atom is -0.380 e. The van der Waals surface area contributed by atoms with Gasteiger partial charge in [-0.3, -0.25) is 9.59 Å². The first-order valence-corrected chi connectivity index (χ1v) is 8.70. The number of methoxy groups -OCH3 is 1. The molecule has 5 nitrogen and oxygen atoms in total. The average Bonchev–Trinajstić information content (AvgIpc) is 2.78.